The molecule has 4 heteroatoms. The molecule has 1 aliphatic carbocycles. The summed E-state index contributed by atoms with van der Waals surface area (Å²) in [6.45, 7) is 0. The lowest BCUT2D eigenvalue weighted by Crippen LogP contribution is -2.33. The van der Waals surface area contributed by atoms with Gasteiger partial charge < -0.3 is 0 Å². The predicted molar refractivity (Wildman–Crippen MR) is 80.2 cm³/mol. The van der Waals surface area contributed by atoms with Crippen molar-refractivity contribution >= 4 is 31.9 Å². The Balaban J connectivity index is 2.07. The van der Waals surface area contributed by atoms with Gasteiger partial charge in [0.15, 0.2) is 0 Å². The van der Waals surface area contributed by atoms with E-state index in [1.54, 1.807) is 0 Å². The highest BCUT2D eigenvalue weighted by molar-refractivity contribution is 9.13. The molecule has 1 aliphatic rings. The van der Waals surface area contributed by atoms with E-state index in [0.717, 1.165) is 14.5 Å². The van der Waals surface area contributed by atoms with E-state index < -0.39 is 0 Å². The Morgan fingerprint density at radius 3 is 2.50 bits per heavy atom. The topological polar surface area (TPSA) is 35.8 Å². The lowest BCUT2D eigenvalue weighted by atomic mass is 9.94. The van der Waals surface area contributed by atoms with Gasteiger partial charge in [-0.2, -0.15) is 5.26 Å². The SMILES string of the molecule is N#CC(NC1CCCCC1)c1ccc(Br)c(Br)c1. The monoisotopic (exact) mass is 370 g/mol. The number of hydrogen-bond donors (Lipinski definition) is 1. The first-order valence-corrected chi connectivity index (χ1v) is 7.90. The smallest absolute Gasteiger partial charge is 0.121 e. The molecule has 18 heavy (non-hydrogen) atoms. The molecule has 1 aromatic rings. The summed E-state index contributed by atoms with van der Waals surface area (Å²) in [4.78, 5) is 0. The van der Waals surface area contributed by atoms with E-state index in [1.165, 1.54) is 32.1 Å². The minimum atomic E-state index is -0.211. The summed E-state index contributed by atoms with van der Waals surface area (Å²) in [6, 6.07) is 8.63. The quantitative estimate of drug-likeness (QED) is 0.835. The maximum atomic E-state index is 9.33. The maximum absolute atomic E-state index is 9.33. The van der Waals surface area contributed by atoms with Crippen LogP contribution in [-0.2, 0) is 0 Å². The second-order valence-electron chi connectivity index (χ2n) is 4.74. The Morgan fingerprint density at radius 1 is 1.17 bits per heavy atom. The fourth-order valence-corrected chi connectivity index (χ4v) is 3.05. The first kappa shape index (κ1) is 14.0. The summed E-state index contributed by atoms with van der Waals surface area (Å²) < 4.78 is 2.01. The molecule has 0 radical (unpaired) electrons. The average molecular weight is 372 g/mol. The highest BCUT2D eigenvalue weighted by Gasteiger charge is 2.19. The van der Waals surface area contributed by atoms with E-state index in [2.05, 4.69) is 43.2 Å². The Morgan fingerprint density at radius 2 is 1.89 bits per heavy atom. The van der Waals surface area contributed by atoms with E-state index in [4.69, 9.17) is 0 Å². The number of nitrogens with one attached hydrogen (secondary N) is 1. The number of benzene rings is 1. The summed E-state index contributed by atoms with van der Waals surface area (Å²) in [7, 11) is 0. The van der Waals surface area contributed by atoms with Gasteiger partial charge in [-0.25, -0.2) is 0 Å². The van der Waals surface area contributed by atoms with Gasteiger partial charge in [-0.3, -0.25) is 5.32 Å². The Kier molecular flexibility index (Phi) is 5.23. The van der Waals surface area contributed by atoms with Crippen molar-refractivity contribution in [2.24, 2.45) is 0 Å². The van der Waals surface area contributed by atoms with Crippen LogP contribution in [0.1, 0.15) is 43.7 Å². The van der Waals surface area contributed by atoms with Crippen molar-refractivity contribution in [3.63, 3.8) is 0 Å². The highest BCUT2D eigenvalue weighted by Crippen LogP contribution is 2.27. The van der Waals surface area contributed by atoms with Crippen molar-refractivity contribution in [1.29, 1.82) is 5.26 Å². The van der Waals surface area contributed by atoms with E-state index in [-0.39, 0.29) is 6.04 Å². The molecular weight excluding hydrogens is 356 g/mol. The molecule has 2 rings (SSSR count). The number of hydrogen-bond acceptors (Lipinski definition) is 2. The molecule has 0 spiro atoms. The van der Waals surface area contributed by atoms with E-state index >= 15 is 0 Å². The summed E-state index contributed by atoms with van der Waals surface area (Å²) in [5, 5.41) is 12.8. The minimum absolute atomic E-state index is 0.211. The second-order valence-corrected chi connectivity index (χ2v) is 6.45. The normalized spacial score (nSPS) is 18.3. The third-order valence-electron chi connectivity index (χ3n) is 3.41. The fourth-order valence-electron chi connectivity index (χ4n) is 2.40. The zero-order valence-electron chi connectivity index (χ0n) is 10.1. The van der Waals surface area contributed by atoms with Gasteiger partial charge in [0.2, 0.25) is 0 Å². The van der Waals surface area contributed by atoms with Gasteiger partial charge in [0.05, 0.1) is 6.07 Å². The van der Waals surface area contributed by atoms with E-state index in [1.807, 2.05) is 18.2 Å². The van der Waals surface area contributed by atoms with Gasteiger partial charge >= 0.3 is 0 Å². The number of nitriles is 1. The molecule has 96 valence electrons. The third kappa shape index (κ3) is 3.57. The first-order chi connectivity index (χ1) is 8.70. The molecule has 0 heterocycles. The predicted octanol–water partition coefficient (Wildman–Crippen LogP) is 4.70. The Hall–Kier alpha value is -0.370. The molecule has 1 fully saturated rings. The number of nitrogens with zero attached hydrogens (tertiary/aromatic N) is 1. The Labute approximate surface area is 125 Å². The summed E-state index contributed by atoms with van der Waals surface area (Å²) >= 11 is 6.93. The molecule has 1 atom stereocenters. The summed E-state index contributed by atoms with van der Waals surface area (Å²) in [5.41, 5.74) is 1.03. The van der Waals surface area contributed by atoms with Crippen molar-refractivity contribution in [2.75, 3.05) is 0 Å². The molecular formula is C14H16Br2N2. The van der Waals surface area contributed by atoms with E-state index in [0.29, 0.717) is 6.04 Å². The van der Waals surface area contributed by atoms with Gasteiger partial charge in [-0.15, -0.1) is 0 Å². The minimum Gasteiger partial charge on any atom is -0.295 e. The van der Waals surface area contributed by atoms with Crippen LogP contribution in [0.4, 0.5) is 0 Å². The van der Waals surface area contributed by atoms with Crippen molar-refractivity contribution in [2.45, 2.75) is 44.2 Å². The lowest BCUT2D eigenvalue weighted by molar-refractivity contribution is 0.360. The fraction of sp³-hybridized carbons (Fsp3) is 0.500. The van der Waals surface area contributed by atoms with Crippen molar-refractivity contribution in [1.82, 2.24) is 5.32 Å². The van der Waals surface area contributed by atoms with Gasteiger partial charge in [0.25, 0.3) is 0 Å². The Bertz CT molecular complexity index is 448. The van der Waals surface area contributed by atoms with Crippen LogP contribution in [-0.4, -0.2) is 6.04 Å². The average Bonchev–Trinajstić information content (AvgIpc) is 2.40. The van der Waals surface area contributed by atoms with Crippen LogP contribution in [0.5, 0.6) is 0 Å². The van der Waals surface area contributed by atoms with Gasteiger partial charge in [0.1, 0.15) is 6.04 Å². The zero-order valence-corrected chi connectivity index (χ0v) is 13.3. The molecule has 0 saturated heterocycles. The van der Waals surface area contributed by atoms with Gasteiger partial charge in [-0.05, 0) is 62.4 Å². The molecule has 1 aromatic carbocycles. The maximum Gasteiger partial charge on any atom is 0.121 e. The molecule has 1 unspecified atom stereocenters. The molecule has 1 saturated carbocycles. The summed E-state index contributed by atoms with van der Waals surface area (Å²) in [6.07, 6.45) is 6.27. The molecule has 0 aliphatic heterocycles. The van der Waals surface area contributed by atoms with Crippen molar-refractivity contribution in [3.05, 3.63) is 32.7 Å². The van der Waals surface area contributed by atoms with Crippen LogP contribution in [0.3, 0.4) is 0 Å². The van der Waals surface area contributed by atoms with Crippen LogP contribution >= 0.6 is 31.9 Å². The molecule has 2 nitrogen and oxygen atoms in total. The third-order valence-corrected chi connectivity index (χ3v) is 5.29. The van der Waals surface area contributed by atoms with Crippen LogP contribution in [0, 0.1) is 11.3 Å². The van der Waals surface area contributed by atoms with Gasteiger partial charge in [0, 0.05) is 15.0 Å². The number of halogens is 2. The van der Waals surface area contributed by atoms with Crippen LogP contribution in [0.25, 0.3) is 0 Å². The zero-order chi connectivity index (χ0) is 13.0. The largest absolute Gasteiger partial charge is 0.295 e. The van der Waals surface area contributed by atoms with Gasteiger partial charge in [-0.1, -0.05) is 25.3 Å². The van der Waals surface area contributed by atoms with Crippen molar-refractivity contribution in [3.8, 4) is 6.07 Å². The standard InChI is InChI=1S/C14H16Br2N2/c15-12-7-6-10(8-13(12)16)14(9-17)18-11-4-2-1-3-5-11/h6-8,11,14,18H,1-5H2. The van der Waals surface area contributed by atoms with Crippen molar-refractivity contribution < 1.29 is 0 Å². The van der Waals surface area contributed by atoms with Crippen LogP contribution < -0.4 is 5.32 Å². The molecule has 1 N–H and O–H groups in total. The number of rotatable bonds is 3. The van der Waals surface area contributed by atoms with Crippen LogP contribution in [0.2, 0.25) is 0 Å². The first-order valence-electron chi connectivity index (χ1n) is 6.31. The molecule has 0 amide bonds. The molecule has 0 aromatic heterocycles. The lowest BCUT2D eigenvalue weighted by Gasteiger charge is -2.25. The highest BCUT2D eigenvalue weighted by atomic mass is 79.9. The van der Waals surface area contributed by atoms with E-state index in [9.17, 15) is 5.26 Å². The summed E-state index contributed by atoms with van der Waals surface area (Å²) in [5.74, 6) is 0. The van der Waals surface area contributed by atoms with Crippen LogP contribution in [0.15, 0.2) is 27.1 Å². The molecule has 0 bridgehead atoms. The second kappa shape index (κ2) is 6.70.